The van der Waals surface area contributed by atoms with Crippen molar-refractivity contribution in [3.8, 4) is 0 Å². The lowest BCUT2D eigenvalue weighted by atomic mass is 10.0. The molecule has 17 heavy (non-hydrogen) atoms. The molecule has 0 aliphatic rings. The second kappa shape index (κ2) is 5.89. The molecule has 1 unspecified atom stereocenters. The number of hydrogen-bond donors (Lipinski definition) is 2. The number of rotatable bonds is 5. The van der Waals surface area contributed by atoms with Crippen molar-refractivity contribution >= 4 is 28.9 Å². The van der Waals surface area contributed by atoms with E-state index in [1.807, 2.05) is 36.4 Å². The Hall–Kier alpha value is -1.26. The van der Waals surface area contributed by atoms with E-state index >= 15 is 0 Å². The quantitative estimate of drug-likeness (QED) is 0.492. The zero-order valence-electron chi connectivity index (χ0n) is 9.30. The van der Waals surface area contributed by atoms with E-state index in [9.17, 15) is 0 Å². The van der Waals surface area contributed by atoms with Crippen molar-refractivity contribution < 1.29 is 0 Å². The predicted molar refractivity (Wildman–Crippen MR) is 76.1 cm³/mol. The Kier molecular flexibility index (Phi) is 4.23. The van der Waals surface area contributed by atoms with Gasteiger partial charge < -0.3 is 5.73 Å². The number of hydrogen-bond acceptors (Lipinski definition) is 3. The van der Waals surface area contributed by atoms with Crippen molar-refractivity contribution in [1.29, 1.82) is 5.41 Å². The summed E-state index contributed by atoms with van der Waals surface area (Å²) in [5, 5.41) is 9.75. The molecule has 0 saturated carbocycles. The fraction of sp³-hybridized carbons (Fsp3) is 0.154. The topological polar surface area (TPSA) is 49.9 Å². The van der Waals surface area contributed by atoms with Gasteiger partial charge in [-0.3, -0.25) is 5.41 Å². The van der Waals surface area contributed by atoms with Crippen LogP contribution < -0.4 is 5.73 Å². The van der Waals surface area contributed by atoms with Crippen molar-refractivity contribution in [3.63, 3.8) is 0 Å². The molecule has 0 fully saturated rings. The molecule has 2 aromatic rings. The molecule has 0 saturated heterocycles. The van der Waals surface area contributed by atoms with Crippen LogP contribution in [0.25, 0.3) is 0 Å². The lowest BCUT2D eigenvalue weighted by Gasteiger charge is -2.14. The molecule has 0 aliphatic carbocycles. The molecule has 0 spiro atoms. The van der Waals surface area contributed by atoms with E-state index in [1.165, 1.54) is 4.21 Å². The maximum Gasteiger partial charge on any atom is 0.0990 e. The van der Waals surface area contributed by atoms with Crippen LogP contribution in [-0.4, -0.2) is 11.6 Å². The standard InChI is InChI=1S/C13H14N2S2/c14-13(15)11(10-5-2-1-3-6-10)9-17-12-7-4-8-16-12/h1-8,11H,9H2,(H3,14,15). The first-order valence-electron chi connectivity index (χ1n) is 5.32. The SMILES string of the molecule is N=C(N)C(CSc1cccs1)c1ccccc1. The zero-order valence-corrected chi connectivity index (χ0v) is 10.9. The number of nitrogens with one attached hydrogen (secondary N) is 1. The first-order valence-corrected chi connectivity index (χ1v) is 7.19. The Labute approximate surface area is 109 Å². The Morgan fingerprint density at radius 3 is 2.59 bits per heavy atom. The van der Waals surface area contributed by atoms with E-state index in [1.54, 1.807) is 23.1 Å². The number of amidine groups is 1. The van der Waals surface area contributed by atoms with E-state index in [0.29, 0.717) is 0 Å². The summed E-state index contributed by atoms with van der Waals surface area (Å²) in [7, 11) is 0. The molecule has 1 heterocycles. The third-order valence-electron chi connectivity index (χ3n) is 2.46. The van der Waals surface area contributed by atoms with Gasteiger partial charge in [0.25, 0.3) is 0 Å². The predicted octanol–water partition coefficient (Wildman–Crippen LogP) is 3.56. The molecule has 1 atom stereocenters. The van der Waals surface area contributed by atoms with Crippen molar-refractivity contribution in [1.82, 2.24) is 0 Å². The number of nitrogens with two attached hydrogens (primary N) is 1. The Balaban J connectivity index is 2.06. The summed E-state index contributed by atoms with van der Waals surface area (Å²) in [6, 6.07) is 14.1. The lowest BCUT2D eigenvalue weighted by molar-refractivity contribution is 1.01. The molecule has 3 N–H and O–H groups in total. The number of benzene rings is 1. The molecule has 2 nitrogen and oxygen atoms in total. The molecule has 4 heteroatoms. The van der Waals surface area contributed by atoms with Crippen LogP contribution in [0.5, 0.6) is 0 Å². The van der Waals surface area contributed by atoms with E-state index < -0.39 is 0 Å². The Bertz CT molecular complexity index is 465. The summed E-state index contributed by atoms with van der Waals surface area (Å²) in [6.07, 6.45) is 0. The van der Waals surface area contributed by atoms with Crippen LogP contribution in [0.1, 0.15) is 11.5 Å². The molecule has 1 aromatic carbocycles. The first-order chi connectivity index (χ1) is 8.27. The molecule has 0 bridgehead atoms. The van der Waals surface area contributed by atoms with Gasteiger partial charge in [-0.1, -0.05) is 36.4 Å². The number of thioether (sulfide) groups is 1. The summed E-state index contributed by atoms with van der Waals surface area (Å²) < 4.78 is 1.27. The third kappa shape index (κ3) is 3.35. The second-order valence-corrected chi connectivity index (χ2v) is 5.93. The highest BCUT2D eigenvalue weighted by atomic mass is 32.2. The van der Waals surface area contributed by atoms with Crippen LogP contribution in [-0.2, 0) is 0 Å². The van der Waals surface area contributed by atoms with E-state index in [4.69, 9.17) is 11.1 Å². The molecule has 0 radical (unpaired) electrons. The molecule has 0 amide bonds. The van der Waals surface area contributed by atoms with Gasteiger partial charge in [-0.2, -0.15) is 0 Å². The largest absolute Gasteiger partial charge is 0.387 e. The van der Waals surface area contributed by atoms with Gasteiger partial charge in [0.1, 0.15) is 0 Å². The third-order valence-corrected chi connectivity index (χ3v) is 4.69. The van der Waals surface area contributed by atoms with Crippen molar-refractivity contribution in [2.24, 2.45) is 5.73 Å². The first kappa shape index (κ1) is 12.2. The van der Waals surface area contributed by atoms with Gasteiger partial charge in [0.2, 0.25) is 0 Å². The maximum atomic E-state index is 7.69. The average Bonchev–Trinajstić information content (AvgIpc) is 2.83. The lowest BCUT2D eigenvalue weighted by Crippen LogP contribution is -2.22. The fourth-order valence-corrected chi connectivity index (χ4v) is 3.53. The summed E-state index contributed by atoms with van der Waals surface area (Å²) in [5.41, 5.74) is 6.80. The monoisotopic (exact) mass is 262 g/mol. The molecule has 88 valence electrons. The summed E-state index contributed by atoms with van der Waals surface area (Å²) in [6.45, 7) is 0. The normalized spacial score (nSPS) is 12.2. The van der Waals surface area contributed by atoms with Crippen LogP contribution in [0.2, 0.25) is 0 Å². The smallest absolute Gasteiger partial charge is 0.0990 e. The van der Waals surface area contributed by atoms with Crippen LogP contribution in [0.4, 0.5) is 0 Å². The van der Waals surface area contributed by atoms with Gasteiger partial charge in [0.15, 0.2) is 0 Å². The second-order valence-electron chi connectivity index (χ2n) is 3.66. The Morgan fingerprint density at radius 2 is 2.00 bits per heavy atom. The summed E-state index contributed by atoms with van der Waals surface area (Å²) >= 11 is 3.48. The molecule has 0 aliphatic heterocycles. The maximum absolute atomic E-state index is 7.69. The van der Waals surface area contributed by atoms with Crippen LogP contribution in [0.15, 0.2) is 52.1 Å². The average molecular weight is 262 g/mol. The van der Waals surface area contributed by atoms with Crippen molar-refractivity contribution in [3.05, 3.63) is 53.4 Å². The molecule has 1 aromatic heterocycles. The summed E-state index contributed by atoms with van der Waals surface area (Å²) in [5.74, 6) is 1.06. The van der Waals surface area contributed by atoms with Crippen LogP contribution in [0.3, 0.4) is 0 Å². The minimum absolute atomic E-state index is 0.00306. The van der Waals surface area contributed by atoms with Crippen LogP contribution >= 0.6 is 23.1 Å². The minimum Gasteiger partial charge on any atom is -0.387 e. The van der Waals surface area contributed by atoms with Gasteiger partial charge in [-0.15, -0.1) is 23.1 Å². The van der Waals surface area contributed by atoms with Crippen LogP contribution in [0, 0.1) is 5.41 Å². The fourth-order valence-electron chi connectivity index (χ4n) is 1.56. The van der Waals surface area contributed by atoms with Gasteiger partial charge in [-0.25, -0.2) is 0 Å². The van der Waals surface area contributed by atoms with E-state index in [-0.39, 0.29) is 11.8 Å². The molecular weight excluding hydrogens is 248 g/mol. The summed E-state index contributed by atoms with van der Waals surface area (Å²) in [4.78, 5) is 0. The minimum atomic E-state index is 0.00306. The van der Waals surface area contributed by atoms with E-state index in [0.717, 1.165) is 11.3 Å². The van der Waals surface area contributed by atoms with Gasteiger partial charge >= 0.3 is 0 Å². The van der Waals surface area contributed by atoms with Gasteiger partial charge in [-0.05, 0) is 17.0 Å². The van der Waals surface area contributed by atoms with Gasteiger partial charge in [0.05, 0.1) is 16.0 Å². The Morgan fingerprint density at radius 1 is 1.24 bits per heavy atom. The molecule has 2 rings (SSSR count). The number of thiophene rings is 1. The van der Waals surface area contributed by atoms with Crippen molar-refractivity contribution in [2.75, 3.05) is 5.75 Å². The zero-order chi connectivity index (χ0) is 12.1. The molecular formula is C13H14N2S2. The highest BCUT2D eigenvalue weighted by Crippen LogP contribution is 2.29. The van der Waals surface area contributed by atoms with Crippen molar-refractivity contribution in [2.45, 2.75) is 10.1 Å². The highest BCUT2D eigenvalue weighted by Gasteiger charge is 2.15. The highest BCUT2D eigenvalue weighted by molar-refractivity contribution is 8.01. The van der Waals surface area contributed by atoms with E-state index in [2.05, 4.69) is 11.4 Å². The van der Waals surface area contributed by atoms with Gasteiger partial charge in [0, 0.05) is 5.75 Å².